The first-order valence-electron chi connectivity index (χ1n) is 8.12. The molecule has 0 saturated carbocycles. The van der Waals surface area contributed by atoms with Crippen LogP contribution in [0.4, 0.5) is 13.2 Å². The SMILES string of the molecule is C=C(C)COc1ccc(-c2nc3ccc(C(F)(F)F)cn3c2CC#N)cc1. The van der Waals surface area contributed by atoms with Gasteiger partial charge in [-0.05, 0) is 48.9 Å². The number of hydrogen-bond donors (Lipinski definition) is 0. The Kier molecular flexibility index (Phi) is 4.91. The number of benzene rings is 1. The molecule has 2 aromatic heterocycles. The third-order valence-corrected chi connectivity index (χ3v) is 3.90. The number of pyridine rings is 1. The molecular weight excluding hydrogens is 355 g/mol. The first-order chi connectivity index (χ1) is 12.8. The van der Waals surface area contributed by atoms with Crippen LogP contribution in [0.15, 0.2) is 54.7 Å². The number of nitriles is 1. The summed E-state index contributed by atoms with van der Waals surface area (Å²) in [6, 6.07) is 11.3. The van der Waals surface area contributed by atoms with Crippen LogP contribution in [-0.4, -0.2) is 16.0 Å². The number of aromatic nitrogens is 2. The maximum Gasteiger partial charge on any atom is 0.417 e. The van der Waals surface area contributed by atoms with Crippen LogP contribution >= 0.6 is 0 Å². The smallest absolute Gasteiger partial charge is 0.417 e. The Morgan fingerprint density at radius 3 is 2.52 bits per heavy atom. The third-order valence-electron chi connectivity index (χ3n) is 3.90. The van der Waals surface area contributed by atoms with Gasteiger partial charge in [-0.1, -0.05) is 6.58 Å². The summed E-state index contributed by atoms with van der Waals surface area (Å²) in [7, 11) is 0. The number of alkyl halides is 3. The van der Waals surface area contributed by atoms with E-state index >= 15 is 0 Å². The summed E-state index contributed by atoms with van der Waals surface area (Å²) in [6.07, 6.45) is -3.56. The molecule has 0 bridgehead atoms. The Labute approximate surface area is 154 Å². The van der Waals surface area contributed by atoms with Crippen LogP contribution in [0.5, 0.6) is 5.75 Å². The van der Waals surface area contributed by atoms with Gasteiger partial charge in [-0.3, -0.25) is 0 Å². The average Bonchev–Trinajstić information content (AvgIpc) is 2.98. The zero-order chi connectivity index (χ0) is 19.6. The maximum atomic E-state index is 13.0. The predicted molar refractivity (Wildman–Crippen MR) is 95.3 cm³/mol. The molecule has 2 heterocycles. The highest BCUT2D eigenvalue weighted by molar-refractivity contribution is 5.67. The van der Waals surface area contributed by atoms with E-state index in [9.17, 15) is 13.2 Å². The number of ether oxygens (including phenoxy) is 1. The van der Waals surface area contributed by atoms with E-state index in [4.69, 9.17) is 10.00 Å². The van der Waals surface area contributed by atoms with Crippen molar-refractivity contribution in [2.75, 3.05) is 6.61 Å². The van der Waals surface area contributed by atoms with Gasteiger partial charge in [0, 0.05) is 11.8 Å². The molecular formula is C20H16F3N3O. The molecule has 0 saturated heterocycles. The van der Waals surface area contributed by atoms with Crippen LogP contribution in [0.2, 0.25) is 0 Å². The van der Waals surface area contributed by atoms with Crippen LogP contribution in [0.1, 0.15) is 18.2 Å². The number of hydrogen-bond acceptors (Lipinski definition) is 3. The van der Waals surface area contributed by atoms with Gasteiger partial charge in [0.25, 0.3) is 0 Å². The summed E-state index contributed by atoms with van der Waals surface area (Å²) in [5.41, 5.74) is 2.03. The second-order valence-electron chi connectivity index (χ2n) is 6.16. The average molecular weight is 371 g/mol. The van der Waals surface area contributed by atoms with E-state index in [1.54, 1.807) is 24.3 Å². The monoisotopic (exact) mass is 371 g/mol. The quantitative estimate of drug-likeness (QED) is 0.590. The molecule has 3 aromatic rings. The molecule has 138 valence electrons. The molecule has 27 heavy (non-hydrogen) atoms. The zero-order valence-corrected chi connectivity index (χ0v) is 14.5. The number of imidazole rings is 1. The van der Waals surface area contributed by atoms with Crippen molar-refractivity contribution in [3.63, 3.8) is 0 Å². The molecule has 1 aromatic carbocycles. The molecule has 0 aliphatic carbocycles. The van der Waals surface area contributed by atoms with Crippen molar-refractivity contribution in [3.05, 3.63) is 66.0 Å². The highest BCUT2D eigenvalue weighted by atomic mass is 19.4. The van der Waals surface area contributed by atoms with Crippen molar-refractivity contribution in [2.24, 2.45) is 0 Å². The minimum Gasteiger partial charge on any atom is -0.489 e. The fourth-order valence-corrected chi connectivity index (χ4v) is 2.65. The zero-order valence-electron chi connectivity index (χ0n) is 14.5. The van der Waals surface area contributed by atoms with Gasteiger partial charge >= 0.3 is 6.18 Å². The molecule has 7 heteroatoms. The van der Waals surface area contributed by atoms with Crippen LogP contribution in [0.3, 0.4) is 0 Å². The Morgan fingerprint density at radius 1 is 1.22 bits per heavy atom. The number of rotatable bonds is 5. The van der Waals surface area contributed by atoms with Crippen molar-refractivity contribution in [2.45, 2.75) is 19.5 Å². The molecule has 0 radical (unpaired) electrons. The van der Waals surface area contributed by atoms with Crippen LogP contribution in [0, 0.1) is 11.3 Å². The summed E-state index contributed by atoms with van der Waals surface area (Å²) in [4.78, 5) is 4.42. The second kappa shape index (κ2) is 7.16. The highest BCUT2D eigenvalue weighted by Gasteiger charge is 2.31. The number of fused-ring (bicyclic) bond motifs is 1. The maximum absolute atomic E-state index is 13.0. The topological polar surface area (TPSA) is 50.3 Å². The standard InChI is InChI=1S/C20H16F3N3O/c1-13(2)12-27-16-6-3-14(4-7-16)19-17(9-10-24)26-11-15(20(21,22)23)5-8-18(26)25-19/h3-8,11H,1,9,12H2,2H3. The fraction of sp³-hybridized carbons (Fsp3) is 0.200. The van der Waals surface area contributed by atoms with Crippen molar-refractivity contribution < 1.29 is 17.9 Å². The van der Waals surface area contributed by atoms with Gasteiger partial charge in [-0.25, -0.2) is 4.98 Å². The van der Waals surface area contributed by atoms with E-state index in [0.717, 1.165) is 17.8 Å². The molecule has 0 amide bonds. The number of halogens is 3. The van der Waals surface area contributed by atoms with E-state index in [1.165, 1.54) is 10.5 Å². The number of nitrogens with zero attached hydrogens (tertiary/aromatic N) is 3. The van der Waals surface area contributed by atoms with Gasteiger partial charge in [-0.15, -0.1) is 0 Å². The molecule has 0 atom stereocenters. The van der Waals surface area contributed by atoms with Gasteiger partial charge < -0.3 is 9.14 Å². The molecule has 0 aliphatic heterocycles. The van der Waals surface area contributed by atoms with Crippen molar-refractivity contribution in [3.8, 4) is 23.1 Å². The van der Waals surface area contributed by atoms with Crippen molar-refractivity contribution in [1.82, 2.24) is 9.38 Å². The first kappa shape index (κ1) is 18.5. The van der Waals surface area contributed by atoms with Gasteiger partial charge in [0.15, 0.2) is 0 Å². The van der Waals surface area contributed by atoms with Crippen LogP contribution in [-0.2, 0) is 12.6 Å². The van der Waals surface area contributed by atoms with E-state index in [1.807, 2.05) is 13.0 Å². The second-order valence-corrected chi connectivity index (χ2v) is 6.16. The van der Waals surface area contributed by atoms with Gasteiger partial charge in [0.05, 0.1) is 29.4 Å². The minimum atomic E-state index is -4.47. The Balaban J connectivity index is 2.04. The summed E-state index contributed by atoms with van der Waals surface area (Å²) in [5, 5.41) is 9.12. The Morgan fingerprint density at radius 2 is 1.93 bits per heavy atom. The minimum absolute atomic E-state index is 0.0638. The lowest BCUT2D eigenvalue weighted by Gasteiger charge is -2.08. The van der Waals surface area contributed by atoms with E-state index in [0.29, 0.717) is 35.0 Å². The summed E-state index contributed by atoms with van der Waals surface area (Å²) < 4.78 is 45.9. The van der Waals surface area contributed by atoms with E-state index < -0.39 is 11.7 Å². The first-order valence-corrected chi connectivity index (χ1v) is 8.12. The van der Waals surface area contributed by atoms with Gasteiger partial charge in [0.2, 0.25) is 0 Å². The molecule has 0 aliphatic rings. The molecule has 0 unspecified atom stereocenters. The molecule has 0 fully saturated rings. The van der Waals surface area contributed by atoms with Crippen LogP contribution in [0.25, 0.3) is 16.9 Å². The van der Waals surface area contributed by atoms with E-state index in [2.05, 4.69) is 11.6 Å². The predicted octanol–water partition coefficient (Wildman–Crippen LogP) is 5.04. The third kappa shape index (κ3) is 3.95. The molecule has 0 spiro atoms. The Hall–Kier alpha value is -3.27. The van der Waals surface area contributed by atoms with Crippen LogP contribution < -0.4 is 4.74 Å². The summed E-state index contributed by atoms with van der Waals surface area (Å²) in [5.74, 6) is 0.645. The Bertz CT molecular complexity index is 1030. The molecule has 4 nitrogen and oxygen atoms in total. The van der Waals surface area contributed by atoms with E-state index in [-0.39, 0.29) is 6.42 Å². The van der Waals surface area contributed by atoms with Gasteiger partial charge in [0.1, 0.15) is 18.0 Å². The molecule has 3 rings (SSSR count). The normalized spacial score (nSPS) is 11.4. The highest BCUT2D eigenvalue weighted by Crippen LogP contribution is 2.32. The summed E-state index contributed by atoms with van der Waals surface area (Å²) in [6.45, 7) is 6.02. The lowest BCUT2D eigenvalue weighted by Crippen LogP contribution is -2.07. The lowest BCUT2D eigenvalue weighted by molar-refractivity contribution is -0.137. The van der Waals surface area contributed by atoms with Gasteiger partial charge in [-0.2, -0.15) is 18.4 Å². The fourth-order valence-electron chi connectivity index (χ4n) is 2.65. The van der Waals surface area contributed by atoms with Crippen molar-refractivity contribution >= 4 is 5.65 Å². The molecule has 0 N–H and O–H groups in total. The largest absolute Gasteiger partial charge is 0.489 e. The lowest BCUT2D eigenvalue weighted by atomic mass is 10.1. The summed E-state index contributed by atoms with van der Waals surface area (Å²) >= 11 is 0. The van der Waals surface area contributed by atoms with Crippen molar-refractivity contribution in [1.29, 1.82) is 5.26 Å².